The highest BCUT2D eigenvalue weighted by atomic mass is 16.5. The predicted octanol–water partition coefficient (Wildman–Crippen LogP) is 5.19. The third-order valence-electron chi connectivity index (χ3n) is 7.55. The van der Waals surface area contributed by atoms with Crippen molar-refractivity contribution in [3.63, 3.8) is 0 Å². The molecule has 0 bridgehead atoms. The van der Waals surface area contributed by atoms with E-state index in [-0.39, 0.29) is 0 Å². The first-order chi connectivity index (χ1) is 16.1. The van der Waals surface area contributed by atoms with Crippen LogP contribution in [0.25, 0.3) is 27.8 Å². The molecule has 5 heterocycles. The van der Waals surface area contributed by atoms with Gasteiger partial charge in [0.1, 0.15) is 5.65 Å². The van der Waals surface area contributed by atoms with E-state index in [0.717, 1.165) is 30.3 Å². The van der Waals surface area contributed by atoms with Crippen molar-refractivity contribution >= 4 is 16.6 Å². The van der Waals surface area contributed by atoms with Crippen LogP contribution >= 0.6 is 0 Å². The van der Waals surface area contributed by atoms with E-state index in [1.807, 2.05) is 16.8 Å². The van der Waals surface area contributed by atoms with Gasteiger partial charge >= 0.3 is 0 Å². The molecule has 3 aromatic heterocycles. The first-order valence-electron chi connectivity index (χ1n) is 12.1. The molecule has 0 unspecified atom stereocenters. The van der Waals surface area contributed by atoms with Crippen LogP contribution in [-0.2, 0) is 4.74 Å². The molecule has 0 aliphatic carbocycles. The maximum Gasteiger partial charge on any atom is 0.199 e. The Balaban J connectivity index is 1.38. The molecule has 4 aromatic rings. The number of hydrogen-bond acceptors (Lipinski definition) is 4. The number of hydrogen-bond donors (Lipinski definition) is 1. The molecule has 0 spiro atoms. The molecule has 2 aliphatic heterocycles. The average Bonchev–Trinajstić information content (AvgIpc) is 3.41. The molecule has 2 fully saturated rings. The smallest absolute Gasteiger partial charge is 0.199 e. The quantitative estimate of drug-likeness (QED) is 0.460. The molecule has 0 amide bonds. The van der Waals surface area contributed by atoms with Crippen LogP contribution in [0.5, 0.6) is 5.88 Å². The van der Waals surface area contributed by atoms with Crippen molar-refractivity contribution in [1.82, 2.24) is 19.3 Å². The second-order valence-electron chi connectivity index (χ2n) is 9.82. The van der Waals surface area contributed by atoms with Gasteiger partial charge < -0.3 is 14.5 Å². The van der Waals surface area contributed by atoms with Crippen LogP contribution in [0.3, 0.4) is 0 Å². The minimum Gasteiger partial charge on any atom is -0.482 e. The summed E-state index contributed by atoms with van der Waals surface area (Å²) in [5.74, 6) is 1.82. The number of aromatic amines is 1. The average molecular weight is 445 g/mol. The van der Waals surface area contributed by atoms with Crippen molar-refractivity contribution in [2.24, 2.45) is 0 Å². The summed E-state index contributed by atoms with van der Waals surface area (Å²) in [6.07, 6.45) is 6.20. The molecule has 6 heteroatoms. The van der Waals surface area contributed by atoms with E-state index in [0.29, 0.717) is 17.9 Å². The summed E-state index contributed by atoms with van der Waals surface area (Å²) in [6, 6.07) is 11.9. The Morgan fingerprint density at radius 3 is 2.64 bits per heavy atom. The number of benzene rings is 1. The minimum absolute atomic E-state index is 0.395. The van der Waals surface area contributed by atoms with Crippen LogP contribution in [0, 0.1) is 0 Å². The standard InChI is InChI=1S/C27H32N4O2/c1-17(2)26-22-12-19(18-6-9-30(10-7-18)21-15-33-16-21)4-5-23(22)29-27(26)20-13-24-28-8-11-31(24)25(14-20)32-3/h4-5,8,11-14,17-18,21,29H,6-7,9-10,15-16H2,1-3H3. The van der Waals surface area contributed by atoms with Crippen LogP contribution in [-0.4, -0.2) is 58.7 Å². The van der Waals surface area contributed by atoms with Gasteiger partial charge in [-0.2, -0.15) is 0 Å². The molecular formula is C27H32N4O2. The number of methoxy groups -OCH3 is 1. The van der Waals surface area contributed by atoms with E-state index < -0.39 is 0 Å². The van der Waals surface area contributed by atoms with Gasteiger partial charge in [-0.25, -0.2) is 4.98 Å². The van der Waals surface area contributed by atoms with Crippen molar-refractivity contribution in [3.05, 3.63) is 53.9 Å². The highest BCUT2D eigenvalue weighted by Gasteiger charge is 2.30. The van der Waals surface area contributed by atoms with Crippen LogP contribution in [0.15, 0.2) is 42.7 Å². The van der Waals surface area contributed by atoms with E-state index in [1.165, 1.54) is 53.7 Å². The van der Waals surface area contributed by atoms with Gasteiger partial charge in [0.2, 0.25) is 0 Å². The Kier molecular flexibility index (Phi) is 5.15. The van der Waals surface area contributed by atoms with Gasteiger partial charge in [0.05, 0.1) is 32.1 Å². The molecule has 0 saturated carbocycles. The van der Waals surface area contributed by atoms with E-state index in [1.54, 1.807) is 7.11 Å². The van der Waals surface area contributed by atoms with Crippen molar-refractivity contribution in [2.75, 3.05) is 33.4 Å². The summed E-state index contributed by atoms with van der Waals surface area (Å²) >= 11 is 0. The second kappa shape index (κ2) is 8.19. The molecule has 1 aromatic carbocycles. The van der Waals surface area contributed by atoms with Gasteiger partial charge in [-0.3, -0.25) is 9.30 Å². The predicted molar refractivity (Wildman–Crippen MR) is 131 cm³/mol. The molecule has 0 radical (unpaired) electrons. The molecule has 6 rings (SSSR count). The monoisotopic (exact) mass is 444 g/mol. The molecule has 172 valence electrons. The van der Waals surface area contributed by atoms with Crippen LogP contribution in [0.2, 0.25) is 0 Å². The van der Waals surface area contributed by atoms with Crippen LogP contribution < -0.4 is 4.74 Å². The summed E-state index contributed by atoms with van der Waals surface area (Å²) in [4.78, 5) is 10.8. The molecule has 6 nitrogen and oxygen atoms in total. The lowest BCUT2D eigenvalue weighted by Crippen LogP contribution is -2.51. The largest absolute Gasteiger partial charge is 0.482 e. The van der Waals surface area contributed by atoms with Crippen LogP contribution in [0.1, 0.15) is 49.7 Å². The fraction of sp³-hybridized carbons (Fsp3) is 0.444. The molecule has 1 N–H and O–H groups in total. The number of aromatic nitrogens is 3. The number of rotatable bonds is 5. The van der Waals surface area contributed by atoms with Crippen molar-refractivity contribution in [1.29, 1.82) is 0 Å². The Labute approximate surface area is 194 Å². The lowest BCUT2D eigenvalue weighted by atomic mass is 9.87. The topological polar surface area (TPSA) is 54.8 Å². The Morgan fingerprint density at radius 1 is 1.12 bits per heavy atom. The van der Waals surface area contributed by atoms with Gasteiger partial charge in [-0.05, 0) is 67.1 Å². The summed E-state index contributed by atoms with van der Waals surface area (Å²) < 4.78 is 13.0. The van der Waals surface area contributed by atoms with Gasteiger partial charge in [0, 0.05) is 34.9 Å². The lowest BCUT2D eigenvalue weighted by Gasteiger charge is -2.41. The molecule has 2 aliphatic rings. The SMILES string of the molecule is COc1cc(-c2[nH]c3ccc(C4CCN(C5COC5)CC4)cc3c2C(C)C)cc2nccn12. The van der Waals surface area contributed by atoms with E-state index in [2.05, 4.69) is 59.0 Å². The van der Waals surface area contributed by atoms with Gasteiger partial charge in [0.15, 0.2) is 5.88 Å². The van der Waals surface area contributed by atoms with Gasteiger partial charge in [0.25, 0.3) is 0 Å². The van der Waals surface area contributed by atoms with Gasteiger partial charge in [-0.1, -0.05) is 19.9 Å². The van der Waals surface area contributed by atoms with Crippen molar-refractivity contribution in [3.8, 4) is 17.1 Å². The zero-order valence-corrected chi connectivity index (χ0v) is 19.7. The summed E-state index contributed by atoms with van der Waals surface area (Å²) in [6.45, 7) is 8.74. The molecule has 0 atom stereocenters. The highest BCUT2D eigenvalue weighted by Crippen LogP contribution is 2.39. The highest BCUT2D eigenvalue weighted by molar-refractivity contribution is 5.92. The fourth-order valence-corrected chi connectivity index (χ4v) is 5.64. The minimum atomic E-state index is 0.395. The number of nitrogens with one attached hydrogen (secondary N) is 1. The number of imidazole rings is 1. The van der Waals surface area contributed by atoms with E-state index in [4.69, 9.17) is 9.47 Å². The first-order valence-corrected chi connectivity index (χ1v) is 12.1. The second-order valence-corrected chi connectivity index (χ2v) is 9.82. The van der Waals surface area contributed by atoms with Crippen molar-refractivity contribution in [2.45, 2.75) is 44.6 Å². The third-order valence-corrected chi connectivity index (χ3v) is 7.55. The van der Waals surface area contributed by atoms with Gasteiger partial charge in [-0.15, -0.1) is 0 Å². The zero-order valence-electron chi connectivity index (χ0n) is 19.7. The zero-order chi connectivity index (χ0) is 22.5. The number of H-pyrrole nitrogens is 1. The Bertz CT molecular complexity index is 1290. The number of piperidine rings is 1. The van der Waals surface area contributed by atoms with Crippen molar-refractivity contribution < 1.29 is 9.47 Å². The molecular weight excluding hydrogens is 412 g/mol. The molecule has 33 heavy (non-hydrogen) atoms. The number of pyridine rings is 1. The maximum atomic E-state index is 5.66. The van der Waals surface area contributed by atoms with Crippen LogP contribution in [0.4, 0.5) is 0 Å². The maximum absolute atomic E-state index is 5.66. The summed E-state index contributed by atoms with van der Waals surface area (Å²) in [5, 5.41) is 1.34. The lowest BCUT2D eigenvalue weighted by molar-refractivity contribution is -0.0712. The number of ether oxygens (including phenoxy) is 2. The first kappa shape index (κ1) is 20.8. The normalized spacial score (nSPS) is 18.4. The number of likely N-dealkylation sites (tertiary alicyclic amines) is 1. The number of nitrogens with zero attached hydrogens (tertiary/aromatic N) is 3. The Morgan fingerprint density at radius 2 is 1.94 bits per heavy atom. The summed E-state index contributed by atoms with van der Waals surface area (Å²) in [7, 11) is 1.71. The van der Waals surface area contributed by atoms with E-state index >= 15 is 0 Å². The summed E-state index contributed by atoms with van der Waals surface area (Å²) in [5.41, 5.74) is 7.21. The fourth-order valence-electron chi connectivity index (χ4n) is 5.64. The molecule has 2 saturated heterocycles. The van der Waals surface area contributed by atoms with E-state index in [9.17, 15) is 0 Å². The Hall–Kier alpha value is -2.83. The third kappa shape index (κ3) is 3.52. The number of fused-ring (bicyclic) bond motifs is 2.